The SMILES string of the molecule is CCC[C@H](N)[C@H](O)C(=O)NC1CCC1.Cl. The molecule has 1 rings (SSSR count). The van der Waals surface area contributed by atoms with Gasteiger partial charge in [-0.1, -0.05) is 13.3 Å². The van der Waals surface area contributed by atoms with E-state index in [-0.39, 0.29) is 24.4 Å². The van der Waals surface area contributed by atoms with Gasteiger partial charge in [-0.3, -0.25) is 4.79 Å². The highest BCUT2D eigenvalue weighted by Gasteiger charge is 2.26. The summed E-state index contributed by atoms with van der Waals surface area (Å²) in [6.07, 6.45) is 3.75. The molecule has 4 nitrogen and oxygen atoms in total. The quantitative estimate of drug-likeness (QED) is 0.653. The van der Waals surface area contributed by atoms with Gasteiger partial charge in [-0.25, -0.2) is 0 Å². The van der Waals surface area contributed by atoms with Crippen molar-refractivity contribution < 1.29 is 9.90 Å². The molecule has 15 heavy (non-hydrogen) atoms. The molecule has 0 spiro atoms. The second kappa shape index (κ2) is 7.04. The van der Waals surface area contributed by atoms with Gasteiger partial charge in [0.2, 0.25) is 0 Å². The highest BCUT2D eigenvalue weighted by atomic mass is 35.5. The molecule has 1 fully saturated rings. The van der Waals surface area contributed by atoms with E-state index in [9.17, 15) is 9.90 Å². The summed E-state index contributed by atoms with van der Waals surface area (Å²) in [5.41, 5.74) is 5.65. The zero-order chi connectivity index (χ0) is 10.6. The Bertz CT molecular complexity index is 198. The van der Waals surface area contributed by atoms with E-state index in [2.05, 4.69) is 5.32 Å². The summed E-state index contributed by atoms with van der Waals surface area (Å²) in [7, 11) is 0. The molecule has 0 saturated heterocycles. The van der Waals surface area contributed by atoms with Crippen molar-refractivity contribution in [3.8, 4) is 0 Å². The van der Waals surface area contributed by atoms with Crippen LogP contribution in [0.4, 0.5) is 0 Å². The number of amides is 1. The number of aliphatic hydroxyl groups is 1. The van der Waals surface area contributed by atoms with E-state index in [0.717, 1.165) is 19.3 Å². The zero-order valence-corrected chi connectivity index (χ0v) is 9.93. The zero-order valence-electron chi connectivity index (χ0n) is 9.11. The van der Waals surface area contributed by atoms with Crippen molar-refractivity contribution in [3.63, 3.8) is 0 Å². The van der Waals surface area contributed by atoms with Crippen molar-refractivity contribution in [1.29, 1.82) is 0 Å². The van der Waals surface area contributed by atoms with Crippen LogP contribution < -0.4 is 11.1 Å². The number of carbonyl (C=O) groups is 1. The fraction of sp³-hybridized carbons (Fsp3) is 0.900. The van der Waals surface area contributed by atoms with Gasteiger partial charge in [-0.15, -0.1) is 12.4 Å². The lowest BCUT2D eigenvalue weighted by Gasteiger charge is -2.28. The molecule has 0 aromatic heterocycles. The Kier molecular flexibility index (Phi) is 6.89. The van der Waals surface area contributed by atoms with Crippen molar-refractivity contribution >= 4 is 18.3 Å². The Labute approximate surface area is 97.0 Å². The average molecular weight is 237 g/mol. The van der Waals surface area contributed by atoms with Crippen molar-refractivity contribution in [1.82, 2.24) is 5.32 Å². The molecule has 0 heterocycles. The first kappa shape index (κ1) is 14.7. The summed E-state index contributed by atoms with van der Waals surface area (Å²) in [4.78, 5) is 11.4. The van der Waals surface area contributed by atoms with Gasteiger partial charge >= 0.3 is 0 Å². The number of nitrogens with two attached hydrogens (primary N) is 1. The molecule has 0 radical (unpaired) electrons. The number of hydrogen-bond donors (Lipinski definition) is 3. The van der Waals surface area contributed by atoms with Crippen LogP contribution in [-0.4, -0.2) is 29.2 Å². The lowest BCUT2D eigenvalue weighted by Crippen LogP contribution is -2.50. The third-order valence-corrected chi connectivity index (χ3v) is 2.75. The van der Waals surface area contributed by atoms with Crippen molar-refractivity contribution in [3.05, 3.63) is 0 Å². The average Bonchev–Trinajstić information content (AvgIpc) is 2.10. The molecular formula is C10H21ClN2O2. The van der Waals surface area contributed by atoms with E-state index < -0.39 is 12.1 Å². The van der Waals surface area contributed by atoms with E-state index in [1.165, 1.54) is 6.42 Å². The van der Waals surface area contributed by atoms with Crippen LogP contribution in [0.25, 0.3) is 0 Å². The Balaban J connectivity index is 0.00000196. The number of hydrogen-bond acceptors (Lipinski definition) is 3. The van der Waals surface area contributed by atoms with Gasteiger partial charge < -0.3 is 16.2 Å². The van der Waals surface area contributed by atoms with Crippen LogP contribution in [0.1, 0.15) is 39.0 Å². The summed E-state index contributed by atoms with van der Waals surface area (Å²) < 4.78 is 0. The number of carbonyl (C=O) groups excluding carboxylic acids is 1. The minimum absolute atomic E-state index is 0. The van der Waals surface area contributed by atoms with Crippen LogP contribution in [0.15, 0.2) is 0 Å². The van der Waals surface area contributed by atoms with E-state index >= 15 is 0 Å². The largest absolute Gasteiger partial charge is 0.382 e. The Morgan fingerprint density at radius 3 is 2.60 bits per heavy atom. The second-order valence-electron chi connectivity index (χ2n) is 4.03. The van der Waals surface area contributed by atoms with Crippen molar-refractivity contribution in [2.45, 2.75) is 57.2 Å². The number of rotatable bonds is 5. The summed E-state index contributed by atoms with van der Waals surface area (Å²) >= 11 is 0. The lowest BCUT2D eigenvalue weighted by atomic mass is 9.92. The van der Waals surface area contributed by atoms with E-state index in [4.69, 9.17) is 5.73 Å². The van der Waals surface area contributed by atoms with Gasteiger partial charge in [0.15, 0.2) is 0 Å². The van der Waals surface area contributed by atoms with E-state index in [1.807, 2.05) is 6.92 Å². The summed E-state index contributed by atoms with van der Waals surface area (Å²) in [5, 5.41) is 12.3. The molecule has 0 aliphatic heterocycles. The molecule has 0 aromatic carbocycles. The molecular weight excluding hydrogens is 216 g/mol. The van der Waals surface area contributed by atoms with Gasteiger partial charge in [-0.2, -0.15) is 0 Å². The first-order chi connectivity index (χ1) is 6.65. The number of nitrogens with one attached hydrogen (secondary N) is 1. The van der Waals surface area contributed by atoms with E-state index in [0.29, 0.717) is 6.42 Å². The molecule has 4 N–H and O–H groups in total. The number of aliphatic hydroxyl groups excluding tert-OH is 1. The fourth-order valence-electron chi connectivity index (χ4n) is 1.52. The normalized spacial score (nSPS) is 19.7. The monoisotopic (exact) mass is 236 g/mol. The third kappa shape index (κ3) is 4.36. The Morgan fingerprint density at radius 2 is 2.20 bits per heavy atom. The van der Waals surface area contributed by atoms with Crippen molar-refractivity contribution in [2.24, 2.45) is 5.73 Å². The summed E-state index contributed by atoms with van der Waals surface area (Å²) in [6.45, 7) is 1.98. The second-order valence-corrected chi connectivity index (χ2v) is 4.03. The van der Waals surface area contributed by atoms with Crippen molar-refractivity contribution in [2.75, 3.05) is 0 Å². The smallest absolute Gasteiger partial charge is 0.250 e. The van der Waals surface area contributed by atoms with Gasteiger partial charge in [0.25, 0.3) is 5.91 Å². The van der Waals surface area contributed by atoms with Gasteiger partial charge in [-0.05, 0) is 25.7 Å². The highest BCUT2D eigenvalue weighted by Crippen LogP contribution is 2.18. The molecule has 5 heteroatoms. The molecule has 0 bridgehead atoms. The molecule has 1 aliphatic rings. The molecule has 1 saturated carbocycles. The van der Waals surface area contributed by atoms with Gasteiger partial charge in [0.05, 0.1) is 0 Å². The number of halogens is 1. The third-order valence-electron chi connectivity index (χ3n) is 2.75. The standard InChI is InChI=1S/C10H20N2O2.ClH/c1-2-4-8(11)9(13)10(14)12-7-5-3-6-7;/h7-9,13H,2-6,11H2,1H3,(H,12,14);1H/t8-,9-;/m0./s1. The van der Waals surface area contributed by atoms with E-state index in [1.54, 1.807) is 0 Å². The molecule has 1 amide bonds. The first-order valence-corrected chi connectivity index (χ1v) is 5.39. The van der Waals surface area contributed by atoms with Crippen LogP contribution in [0, 0.1) is 0 Å². The molecule has 0 unspecified atom stereocenters. The van der Waals surface area contributed by atoms with Gasteiger partial charge in [0.1, 0.15) is 6.10 Å². The predicted octanol–water partition coefficient (Wildman–Crippen LogP) is 0.565. The van der Waals surface area contributed by atoms with Crippen LogP contribution in [0.5, 0.6) is 0 Å². The summed E-state index contributed by atoms with van der Waals surface area (Å²) in [6, 6.07) is -0.161. The molecule has 1 aliphatic carbocycles. The minimum atomic E-state index is -1.05. The Morgan fingerprint density at radius 1 is 1.60 bits per heavy atom. The fourth-order valence-corrected chi connectivity index (χ4v) is 1.52. The molecule has 0 aromatic rings. The topological polar surface area (TPSA) is 75.3 Å². The maximum atomic E-state index is 11.4. The molecule has 2 atom stereocenters. The van der Waals surface area contributed by atoms with Crippen LogP contribution in [-0.2, 0) is 4.79 Å². The highest BCUT2D eigenvalue weighted by molar-refractivity contribution is 5.85. The first-order valence-electron chi connectivity index (χ1n) is 5.39. The maximum Gasteiger partial charge on any atom is 0.250 e. The van der Waals surface area contributed by atoms with Gasteiger partial charge in [0, 0.05) is 12.1 Å². The van der Waals surface area contributed by atoms with Crippen LogP contribution in [0.3, 0.4) is 0 Å². The summed E-state index contributed by atoms with van der Waals surface area (Å²) in [5.74, 6) is -0.310. The molecule has 90 valence electrons. The minimum Gasteiger partial charge on any atom is -0.382 e. The maximum absolute atomic E-state index is 11.4. The van der Waals surface area contributed by atoms with Crippen LogP contribution >= 0.6 is 12.4 Å². The lowest BCUT2D eigenvalue weighted by molar-refractivity contribution is -0.131. The predicted molar refractivity (Wildman–Crippen MR) is 61.9 cm³/mol. The van der Waals surface area contributed by atoms with Crippen LogP contribution in [0.2, 0.25) is 0 Å². The Hall–Kier alpha value is -0.320.